The molecule has 0 aliphatic carbocycles. The second kappa shape index (κ2) is 6.81. The molecule has 2 N–H and O–H groups in total. The molecule has 3 rings (SSSR count). The number of aryl methyl sites for hydroxylation is 2. The van der Waals surface area contributed by atoms with Gasteiger partial charge in [0.25, 0.3) is 0 Å². The summed E-state index contributed by atoms with van der Waals surface area (Å²) in [6, 6.07) is 4.10. The number of carbonyl (C=O) groups excluding carboxylic acids is 2. The zero-order valence-corrected chi connectivity index (χ0v) is 14.4. The van der Waals surface area contributed by atoms with Gasteiger partial charge in [-0.2, -0.15) is 0 Å². The summed E-state index contributed by atoms with van der Waals surface area (Å²) in [6.07, 6.45) is 0.854. The number of primary amides is 1. The van der Waals surface area contributed by atoms with Crippen LogP contribution in [0.4, 0.5) is 0 Å². The molecular formula is C18H25N3O3. The molecule has 1 aromatic rings. The van der Waals surface area contributed by atoms with Gasteiger partial charge in [0, 0.05) is 31.7 Å². The highest BCUT2D eigenvalue weighted by molar-refractivity contribution is 5.86. The molecule has 2 aliphatic heterocycles. The molecule has 0 radical (unpaired) electrons. The number of benzene rings is 1. The molecule has 1 atom stereocenters. The first-order chi connectivity index (χ1) is 11.5. The van der Waals surface area contributed by atoms with E-state index < -0.39 is 0 Å². The van der Waals surface area contributed by atoms with Crippen LogP contribution in [0.3, 0.4) is 0 Å². The Labute approximate surface area is 142 Å². The summed E-state index contributed by atoms with van der Waals surface area (Å²) < 4.78 is 5.74. The Kier molecular flexibility index (Phi) is 4.76. The normalized spacial score (nSPS) is 21.1. The smallest absolute Gasteiger partial charge is 0.233 e. The SMILES string of the molecule is Cc1cc2c(cc1C)C(C(=O)N1CCCN(CC(N)=O)CC1)CO2. The van der Waals surface area contributed by atoms with E-state index >= 15 is 0 Å². The third-order valence-electron chi connectivity index (χ3n) is 4.98. The fourth-order valence-corrected chi connectivity index (χ4v) is 3.47. The second-order valence-corrected chi connectivity index (χ2v) is 6.76. The van der Waals surface area contributed by atoms with Gasteiger partial charge >= 0.3 is 0 Å². The molecule has 1 fully saturated rings. The third-order valence-corrected chi connectivity index (χ3v) is 4.98. The number of hydrogen-bond acceptors (Lipinski definition) is 4. The summed E-state index contributed by atoms with van der Waals surface area (Å²) in [7, 11) is 0. The van der Waals surface area contributed by atoms with Gasteiger partial charge in [-0.3, -0.25) is 14.5 Å². The lowest BCUT2D eigenvalue weighted by Crippen LogP contribution is -2.40. The van der Waals surface area contributed by atoms with E-state index in [0.29, 0.717) is 26.2 Å². The Balaban J connectivity index is 1.70. The van der Waals surface area contributed by atoms with E-state index in [2.05, 4.69) is 19.9 Å². The number of carbonyl (C=O) groups is 2. The van der Waals surface area contributed by atoms with Crippen molar-refractivity contribution in [2.24, 2.45) is 5.73 Å². The highest BCUT2D eigenvalue weighted by Gasteiger charge is 2.34. The van der Waals surface area contributed by atoms with Crippen molar-refractivity contribution in [3.05, 3.63) is 28.8 Å². The molecule has 130 valence electrons. The van der Waals surface area contributed by atoms with Gasteiger partial charge in [0.2, 0.25) is 11.8 Å². The molecule has 24 heavy (non-hydrogen) atoms. The maximum atomic E-state index is 13.0. The monoisotopic (exact) mass is 331 g/mol. The van der Waals surface area contributed by atoms with Crippen LogP contribution in [0, 0.1) is 13.8 Å². The first-order valence-electron chi connectivity index (χ1n) is 8.49. The molecule has 2 heterocycles. The average molecular weight is 331 g/mol. The van der Waals surface area contributed by atoms with E-state index in [1.807, 2.05) is 15.9 Å². The van der Waals surface area contributed by atoms with Crippen molar-refractivity contribution in [2.45, 2.75) is 26.2 Å². The summed E-state index contributed by atoms with van der Waals surface area (Å²) >= 11 is 0. The van der Waals surface area contributed by atoms with E-state index in [0.717, 1.165) is 24.3 Å². The van der Waals surface area contributed by atoms with Crippen molar-refractivity contribution in [1.29, 1.82) is 0 Å². The van der Waals surface area contributed by atoms with Crippen LogP contribution < -0.4 is 10.5 Å². The summed E-state index contributed by atoms with van der Waals surface area (Å²) in [5.41, 5.74) is 8.63. The number of nitrogens with two attached hydrogens (primary N) is 1. The van der Waals surface area contributed by atoms with Crippen molar-refractivity contribution < 1.29 is 14.3 Å². The molecule has 1 unspecified atom stereocenters. The van der Waals surface area contributed by atoms with Crippen molar-refractivity contribution in [2.75, 3.05) is 39.3 Å². The Morgan fingerprint density at radius 2 is 1.92 bits per heavy atom. The second-order valence-electron chi connectivity index (χ2n) is 6.76. The van der Waals surface area contributed by atoms with Gasteiger partial charge in [-0.1, -0.05) is 6.07 Å². The van der Waals surface area contributed by atoms with Gasteiger partial charge in [-0.25, -0.2) is 0 Å². The van der Waals surface area contributed by atoms with E-state index in [9.17, 15) is 9.59 Å². The lowest BCUT2D eigenvalue weighted by atomic mass is 9.96. The maximum Gasteiger partial charge on any atom is 0.233 e. The first-order valence-corrected chi connectivity index (χ1v) is 8.49. The van der Waals surface area contributed by atoms with E-state index in [1.54, 1.807) is 0 Å². The quantitative estimate of drug-likeness (QED) is 0.889. The molecule has 2 amide bonds. The topological polar surface area (TPSA) is 75.9 Å². The van der Waals surface area contributed by atoms with Crippen LogP contribution in [0.25, 0.3) is 0 Å². The van der Waals surface area contributed by atoms with Crippen LogP contribution in [0.2, 0.25) is 0 Å². The van der Waals surface area contributed by atoms with Gasteiger partial charge in [0.15, 0.2) is 0 Å². The average Bonchev–Trinajstić information content (AvgIpc) is 2.77. The molecule has 1 saturated heterocycles. The lowest BCUT2D eigenvalue weighted by molar-refractivity contribution is -0.132. The summed E-state index contributed by atoms with van der Waals surface area (Å²) in [5.74, 6) is 0.417. The number of amides is 2. The van der Waals surface area contributed by atoms with Crippen LogP contribution in [0.1, 0.15) is 29.0 Å². The molecule has 0 aromatic heterocycles. The number of rotatable bonds is 3. The van der Waals surface area contributed by atoms with Crippen LogP contribution in [-0.2, 0) is 9.59 Å². The lowest BCUT2D eigenvalue weighted by Gasteiger charge is -2.24. The zero-order chi connectivity index (χ0) is 17.3. The standard InChI is InChI=1S/C18H25N3O3/c1-12-8-14-15(11-24-16(14)9-13(12)2)18(23)21-5-3-4-20(6-7-21)10-17(19)22/h8-9,15H,3-7,10-11H2,1-2H3,(H2,19,22). The van der Waals surface area contributed by atoms with Crippen molar-refractivity contribution in [3.63, 3.8) is 0 Å². The van der Waals surface area contributed by atoms with Gasteiger partial charge in [-0.05, 0) is 37.5 Å². The summed E-state index contributed by atoms with van der Waals surface area (Å²) in [5, 5.41) is 0. The molecular weight excluding hydrogens is 306 g/mol. The number of hydrogen-bond donors (Lipinski definition) is 1. The molecule has 6 nitrogen and oxygen atoms in total. The molecule has 0 bridgehead atoms. The van der Waals surface area contributed by atoms with Crippen LogP contribution in [0.15, 0.2) is 12.1 Å². The Hall–Kier alpha value is -2.08. The van der Waals surface area contributed by atoms with Crippen molar-refractivity contribution >= 4 is 11.8 Å². The van der Waals surface area contributed by atoms with Crippen LogP contribution in [0.5, 0.6) is 5.75 Å². The fourth-order valence-electron chi connectivity index (χ4n) is 3.47. The molecule has 0 saturated carbocycles. The minimum atomic E-state index is -0.321. The van der Waals surface area contributed by atoms with Gasteiger partial charge in [-0.15, -0.1) is 0 Å². The predicted octanol–water partition coefficient (Wildman–Crippen LogP) is 0.799. The Morgan fingerprint density at radius 1 is 1.17 bits per heavy atom. The summed E-state index contributed by atoms with van der Waals surface area (Å²) in [4.78, 5) is 28.0. The molecule has 6 heteroatoms. The van der Waals surface area contributed by atoms with E-state index in [1.165, 1.54) is 11.1 Å². The van der Waals surface area contributed by atoms with Crippen LogP contribution in [-0.4, -0.2) is 60.9 Å². The largest absolute Gasteiger partial charge is 0.492 e. The Morgan fingerprint density at radius 3 is 2.67 bits per heavy atom. The highest BCUT2D eigenvalue weighted by Crippen LogP contribution is 2.37. The van der Waals surface area contributed by atoms with E-state index in [-0.39, 0.29) is 24.3 Å². The number of fused-ring (bicyclic) bond motifs is 1. The van der Waals surface area contributed by atoms with Crippen molar-refractivity contribution in [3.8, 4) is 5.75 Å². The van der Waals surface area contributed by atoms with E-state index in [4.69, 9.17) is 10.5 Å². The third kappa shape index (κ3) is 3.38. The fraction of sp³-hybridized carbons (Fsp3) is 0.556. The summed E-state index contributed by atoms with van der Waals surface area (Å²) in [6.45, 7) is 7.60. The minimum Gasteiger partial charge on any atom is -0.492 e. The first kappa shape index (κ1) is 16.8. The number of ether oxygens (including phenoxy) is 1. The van der Waals surface area contributed by atoms with Crippen LogP contribution >= 0.6 is 0 Å². The Bertz CT molecular complexity index is 659. The minimum absolute atomic E-state index is 0.123. The molecule has 0 spiro atoms. The zero-order valence-electron chi connectivity index (χ0n) is 14.4. The highest BCUT2D eigenvalue weighted by atomic mass is 16.5. The number of nitrogens with zero attached hydrogens (tertiary/aromatic N) is 2. The van der Waals surface area contributed by atoms with Gasteiger partial charge in [0.1, 0.15) is 18.3 Å². The maximum absolute atomic E-state index is 13.0. The van der Waals surface area contributed by atoms with Crippen molar-refractivity contribution in [1.82, 2.24) is 9.80 Å². The van der Waals surface area contributed by atoms with Gasteiger partial charge in [0.05, 0.1) is 6.54 Å². The van der Waals surface area contributed by atoms with Gasteiger partial charge < -0.3 is 15.4 Å². The molecule has 2 aliphatic rings. The molecule has 1 aromatic carbocycles. The predicted molar refractivity (Wildman–Crippen MR) is 91.0 cm³/mol.